The van der Waals surface area contributed by atoms with Crippen LogP contribution in [0, 0.1) is 0 Å². The summed E-state index contributed by atoms with van der Waals surface area (Å²) in [4.78, 5) is 27.3. The summed E-state index contributed by atoms with van der Waals surface area (Å²) in [6, 6.07) is 4.88. The summed E-state index contributed by atoms with van der Waals surface area (Å²) >= 11 is 0. The maximum atomic E-state index is 12.4. The number of amides is 2. The van der Waals surface area contributed by atoms with E-state index in [-0.39, 0.29) is 11.8 Å². The molecule has 6 heteroatoms. The minimum absolute atomic E-state index is 0.0486. The van der Waals surface area contributed by atoms with Gasteiger partial charge in [-0.05, 0) is 24.6 Å². The summed E-state index contributed by atoms with van der Waals surface area (Å²) < 4.78 is 0. The van der Waals surface area contributed by atoms with Gasteiger partial charge in [0.2, 0.25) is 5.91 Å². The van der Waals surface area contributed by atoms with Crippen molar-refractivity contribution in [2.75, 3.05) is 37.6 Å². The van der Waals surface area contributed by atoms with Gasteiger partial charge in [-0.3, -0.25) is 9.59 Å². The predicted octanol–water partition coefficient (Wildman–Crippen LogP) is 0.545. The second kappa shape index (κ2) is 5.81. The van der Waals surface area contributed by atoms with Crippen molar-refractivity contribution in [1.82, 2.24) is 9.80 Å². The smallest absolute Gasteiger partial charge is 0.254 e. The molecule has 0 aliphatic carbocycles. The zero-order chi connectivity index (χ0) is 14.7. The largest absolute Gasteiger partial charge is 0.399 e. The van der Waals surface area contributed by atoms with Crippen molar-refractivity contribution in [2.45, 2.75) is 13.3 Å². The number of nitrogen functional groups attached to an aromatic ring is 2. The van der Waals surface area contributed by atoms with Gasteiger partial charge in [0.1, 0.15) is 0 Å². The van der Waals surface area contributed by atoms with Gasteiger partial charge in [0.05, 0.1) is 0 Å². The van der Waals surface area contributed by atoms with Crippen LogP contribution in [0.2, 0.25) is 0 Å². The van der Waals surface area contributed by atoms with Gasteiger partial charge in [-0.2, -0.15) is 0 Å². The van der Waals surface area contributed by atoms with Crippen LogP contribution in [0.1, 0.15) is 23.7 Å². The van der Waals surface area contributed by atoms with E-state index in [4.69, 9.17) is 11.5 Å². The molecule has 108 valence electrons. The van der Waals surface area contributed by atoms with Gasteiger partial charge in [0.15, 0.2) is 0 Å². The second-order valence-electron chi connectivity index (χ2n) is 5.04. The molecule has 0 radical (unpaired) electrons. The highest BCUT2D eigenvalue weighted by Gasteiger charge is 2.21. The first-order valence-electron chi connectivity index (χ1n) is 6.68. The van der Waals surface area contributed by atoms with Crippen molar-refractivity contribution in [3.8, 4) is 0 Å². The van der Waals surface area contributed by atoms with Crippen molar-refractivity contribution < 1.29 is 9.59 Å². The Labute approximate surface area is 118 Å². The molecule has 1 saturated heterocycles. The second-order valence-corrected chi connectivity index (χ2v) is 5.04. The average molecular weight is 276 g/mol. The Morgan fingerprint density at radius 1 is 0.950 bits per heavy atom. The lowest BCUT2D eigenvalue weighted by Crippen LogP contribution is -2.36. The van der Waals surface area contributed by atoms with Crippen LogP contribution in [-0.4, -0.2) is 47.8 Å². The average Bonchev–Trinajstić information content (AvgIpc) is 2.62. The SMILES string of the molecule is CC(=O)N1CCCN(C(=O)c2cc(N)cc(N)c2)CC1. The topological polar surface area (TPSA) is 92.7 Å². The van der Waals surface area contributed by atoms with E-state index in [1.54, 1.807) is 34.9 Å². The number of rotatable bonds is 1. The Balaban J connectivity index is 2.11. The third-order valence-electron chi connectivity index (χ3n) is 3.45. The molecule has 1 aliphatic heterocycles. The monoisotopic (exact) mass is 276 g/mol. The summed E-state index contributed by atoms with van der Waals surface area (Å²) in [5.41, 5.74) is 12.9. The van der Waals surface area contributed by atoms with Crippen molar-refractivity contribution >= 4 is 23.2 Å². The van der Waals surface area contributed by atoms with E-state index in [9.17, 15) is 9.59 Å². The number of anilines is 2. The maximum absolute atomic E-state index is 12.4. The van der Waals surface area contributed by atoms with E-state index in [0.29, 0.717) is 43.1 Å². The zero-order valence-corrected chi connectivity index (χ0v) is 11.6. The van der Waals surface area contributed by atoms with Crippen LogP contribution in [0.4, 0.5) is 11.4 Å². The Hall–Kier alpha value is -2.24. The Bertz CT molecular complexity index is 510. The van der Waals surface area contributed by atoms with Gasteiger partial charge in [0, 0.05) is 50.0 Å². The molecule has 0 aromatic heterocycles. The van der Waals surface area contributed by atoms with Gasteiger partial charge in [-0.25, -0.2) is 0 Å². The molecule has 1 aromatic rings. The standard InChI is InChI=1S/C14H20N4O2/c1-10(19)17-3-2-4-18(6-5-17)14(20)11-7-12(15)9-13(16)8-11/h7-9H,2-6,15-16H2,1H3. The molecular formula is C14H20N4O2. The molecule has 1 aromatic carbocycles. The molecule has 2 amide bonds. The fourth-order valence-corrected chi connectivity index (χ4v) is 2.42. The van der Waals surface area contributed by atoms with Crippen LogP contribution in [0.15, 0.2) is 18.2 Å². The lowest BCUT2D eigenvalue weighted by Gasteiger charge is -2.21. The first kappa shape index (κ1) is 14.2. The lowest BCUT2D eigenvalue weighted by molar-refractivity contribution is -0.128. The van der Waals surface area contributed by atoms with E-state index in [1.807, 2.05) is 0 Å². The molecule has 0 bridgehead atoms. The van der Waals surface area contributed by atoms with Crippen LogP contribution in [0.25, 0.3) is 0 Å². The highest BCUT2D eigenvalue weighted by atomic mass is 16.2. The molecule has 6 nitrogen and oxygen atoms in total. The van der Waals surface area contributed by atoms with Crippen molar-refractivity contribution in [3.63, 3.8) is 0 Å². The summed E-state index contributed by atoms with van der Waals surface area (Å²) in [6.45, 7) is 3.98. The molecule has 0 atom stereocenters. The van der Waals surface area contributed by atoms with E-state index in [0.717, 1.165) is 6.42 Å². The van der Waals surface area contributed by atoms with E-state index >= 15 is 0 Å². The fourth-order valence-electron chi connectivity index (χ4n) is 2.42. The summed E-state index contributed by atoms with van der Waals surface area (Å²) in [6.07, 6.45) is 0.781. The molecule has 4 N–H and O–H groups in total. The number of carbonyl (C=O) groups excluding carboxylic acids is 2. The number of hydrogen-bond donors (Lipinski definition) is 2. The summed E-state index contributed by atoms with van der Waals surface area (Å²) in [7, 11) is 0. The molecule has 0 unspecified atom stereocenters. The van der Waals surface area contributed by atoms with E-state index in [2.05, 4.69) is 0 Å². The minimum atomic E-state index is -0.0885. The number of benzene rings is 1. The highest BCUT2D eigenvalue weighted by Crippen LogP contribution is 2.16. The third-order valence-corrected chi connectivity index (χ3v) is 3.45. The minimum Gasteiger partial charge on any atom is -0.399 e. The first-order chi connectivity index (χ1) is 9.47. The molecule has 1 fully saturated rings. The van der Waals surface area contributed by atoms with Crippen molar-refractivity contribution in [1.29, 1.82) is 0 Å². The van der Waals surface area contributed by atoms with Crippen LogP contribution in [0.3, 0.4) is 0 Å². The van der Waals surface area contributed by atoms with Crippen LogP contribution in [0.5, 0.6) is 0 Å². The molecule has 20 heavy (non-hydrogen) atoms. The van der Waals surface area contributed by atoms with E-state index < -0.39 is 0 Å². The first-order valence-corrected chi connectivity index (χ1v) is 6.68. The number of nitrogens with two attached hydrogens (primary N) is 2. The number of hydrogen-bond acceptors (Lipinski definition) is 4. The summed E-state index contributed by atoms with van der Waals surface area (Å²) in [5, 5.41) is 0. The fraction of sp³-hybridized carbons (Fsp3) is 0.429. The maximum Gasteiger partial charge on any atom is 0.254 e. The molecular weight excluding hydrogens is 256 g/mol. The Morgan fingerprint density at radius 3 is 2.10 bits per heavy atom. The van der Waals surface area contributed by atoms with Crippen LogP contribution < -0.4 is 11.5 Å². The van der Waals surface area contributed by atoms with Gasteiger partial charge < -0.3 is 21.3 Å². The Morgan fingerprint density at radius 2 is 1.50 bits per heavy atom. The molecule has 0 saturated carbocycles. The van der Waals surface area contributed by atoms with Gasteiger partial charge in [-0.1, -0.05) is 0 Å². The van der Waals surface area contributed by atoms with Gasteiger partial charge in [0.25, 0.3) is 5.91 Å². The number of carbonyl (C=O) groups is 2. The zero-order valence-electron chi connectivity index (χ0n) is 11.6. The normalized spacial score (nSPS) is 15.8. The Kier molecular flexibility index (Phi) is 4.12. The molecule has 0 spiro atoms. The van der Waals surface area contributed by atoms with Gasteiger partial charge in [-0.15, -0.1) is 0 Å². The van der Waals surface area contributed by atoms with Crippen molar-refractivity contribution in [2.24, 2.45) is 0 Å². The summed E-state index contributed by atoms with van der Waals surface area (Å²) in [5.74, 6) is -0.0399. The van der Waals surface area contributed by atoms with Crippen LogP contribution >= 0.6 is 0 Å². The van der Waals surface area contributed by atoms with Gasteiger partial charge >= 0.3 is 0 Å². The quantitative estimate of drug-likeness (QED) is 0.732. The predicted molar refractivity (Wildman–Crippen MR) is 78.0 cm³/mol. The lowest BCUT2D eigenvalue weighted by atomic mass is 10.1. The highest BCUT2D eigenvalue weighted by molar-refractivity contribution is 5.96. The van der Waals surface area contributed by atoms with Crippen LogP contribution in [-0.2, 0) is 4.79 Å². The molecule has 1 heterocycles. The number of nitrogens with zero attached hydrogens (tertiary/aromatic N) is 2. The third kappa shape index (κ3) is 3.20. The van der Waals surface area contributed by atoms with E-state index in [1.165, 1.54) is 0 Å². The molecule has 1 aliphatic rings. The van der Waals surface area contributed by atoms with Crippen molar-refractivity contribution in [3.05, 3.63) is 23.8 Å². The molecule has 2 rings (SSSR count).